The van der Waals surface area contributed by atoms with Crippen LogP contribution in [-0.4, -0.2) is 25.1 Å². The van der Waals surface area contributed by atoms with Gasteiger partial charge in [0, 0.05) is 9.13 Å². The largest absolute Gasteiger partial charge is 0.493 e. The van der Waals surface area contributed by atoms with E-state index in [9.17, 15) is 9.18 Å². The van der Waals surface area contributed by atoms with Gasteiger partial charge in [-0.15, -0.1) is 11.3 Å². The summed E-state index contributed by atoms with van der Waals surface area (Å²) in [4.78, 5) is 17.0. The fraction of sp³-hybridized carbons (Fsp3) is 0.111. The summed E-state index contributed by atoms with van der Waals surface area (Å²) >= 11 is 3.37. The minimum Gasteiger partial charge on any atom is -0.493 e. The topological polar surface area (TPSA) is 60.5 Å². The van der Waals surface area contributed by atoms with Gasteiger partial charge in [0.1, 0.15) is 16.5 Å². The summed E-state index contributed by atoms with van der Waals surface area (Å²) in [5.41, 5.74) is 3.42. The second-order valence-corrected chi connectivity index (χ2v) is 7.20. The molecule has 0 aliphatic rings. The van der Waals surface area contributed by atoms with E-state index in [2.05, 4.69) is 32.9 Å². The number of benzene rings is 2. The summed E-state index contributed by atoms with van der Waals surface area (Å²) < 4.78 is 24.4. The monoisotopic (exact) mass is 484 g/mol. The van der Waals surface area contributed by atoms with Crippen LogP contribution in [0.4, 0.5) is 9.39 Å². The fourth-order valence-electron chi connectivity index (χ4n) is 2.35. The number of carbonyl (C=O) groups is 1. The molecule has 0 saturated carbocycles. The van der Waals surface area contributed by atoms with Crippen molar-refractivity contribution in [3.63, 3.8) is 0 Å². The number of methoxy groups -OCH3 is 2. The maximum absolute atomic E-state index is 13.1. The lowest BCUT2D eigenvalue weighted by atomic mass is 10.1. The standard InChI is InChI=1S/C18H14FIN2O3S/c1-24-14-7-12(13(20)8-15(14)25-2)17(23)22-18-16(21-9-26-18)10-3-5-11(19)6-4-10/h3-9H,1-2H3,(H,22,23). The van der Waals surface area contributed by atoms with E-state index in [1.54, 1.807) is 36.9 Å². The first-order valence-corrected chi connectivity index (χ1v) is 9.41. The molecule has 0 bridgehead atoms. The second kappa shape index (κ2) is 8.00. The van der Waals surface area contributed by atoms with E-state index in [4.69, 9.17) is 9.47 Å². The molecular weight excluding hydrogens is 470 g/mol. The average Bonchev–Trinajstić information content (AvgIpc) is 3.10. The van der Waals surface area contributed by atoms with Gasteiger partial charge in [-0.05, 0) is 59.0 Å². The van der Waals surface area contributed by atoms with Crippen LogP contribution in [0.2, 0.25) is 0 Å². The van der Waals surface area contributed by atoms with Gasteiger partial charge < -0.3 is 14.8 Å². The van der Waals surface area contributed by atoms with Crippen molar-refractivity contribution in [2.24, 2.45) is 0 Å². The van der Waals surface area contributed by atoms with Crippen LogP contribution in [0.15, 0.2) is 41.9 Å². The highest BCUT2D eigenvalue weighted by atomic mass is 127. The Labute approximate surface area is 167 Å². The quantitative estimate of drug-likeness (QED) is 0.528. The predicted octanol–water partition coefficient (Wildman–Crippen LogP) is 4.82. The summed E-state index contributed by atoms with van der Waals surface area (Å²) in [5.74, 6) is 0.414. The zero-order chi connectivity index (χ0) is 18.7. The van der Waals surface area contributed by atoms with Crippen LogP contribution in [0.1, 0.15) is 10.4 Å². The molecule has 0 atom stereocenters. The van der Waals surface area contributed by atoms with Gasteiger partial charge in [-0.1, -0.05) is 0 Å². The van der Waals surface area contributed by atoms with E-state index in [0.29, 0.717) is 27.8 Å². The molecule has 1 aromatic heterocycles. The molecule has 0 radical (unpaired) electrons. The zero-order valence-electron chi connectivity index (χ0n) is 13.9. The van der Waals surface area contributed by atoms with Crippen LogP contribution in [-0.2, 0) is 0 Å². The summed E-state index contributed by atoms with van der Waals surface area (Å²) in [6, 6.07) is 9.34. The Kier molecular flexibility index (Phi) is 5.72. The first-order chi connectivity index (χ1) is 12.5. The number of nitrogens with one attached hydrogen (secondary N) is 1. The summed E-state index contributed by atoms with van der Waals surface area (Å²) in [6.45, 7) is 0. The van der Waals surface area contributed by atoms with Crippen LogP contribution in [0.25, 0.3) is 11.3 Å². The maximum atomic E-state index is 13.1. The van der Waals surface area contributed by atoms with Crippen molar-refractivity contribution in [2.45, 2.75) is 0 Å². The Morgan fingerprint density at radius 2 is 1.81 bits per heavy atom. The molecule has 0 spiro atoms. The van der Waals surface area contributed by atoms with Gasteiger partial charge in [0.25, 0.3) is 5.91 Å². The number of anilines is 1. The molecule has 0 aliphatic carbocycles. The van der Waals surface area contributed by atoms with Crippen LogP contribution >= 0.6 is 33.9 Å². The molecule has 1 heterocycles. The van der Waals surface area contributed by atoms with Crippen molar-refractivity contribution < 1.29 is 18.7 Å². The minimum absolute atomic E-state index is 0.289. The number of halogens is 2. The lowest BCUT2D eigenvalue weighted by molar-refractivity contribution is 0.102. The fourth-order valence-corrected chi connectivity index (χ4v) is 3.73. The minimum atomic E-state index is -0.325. The van der Waals surface area contributed by atoms with Crippen LogP contribution in [0, 0.1) is 9.39 Å². The molecule has 1 amide bonds. The van der Waals surface area contributed by atoms with Crippen LogP contribution in [0.5, 0.6) is 11.5 Å². The molecule has 0 unspecified atom stereocenters. The van der Waals surface area contributed by atoms with E-state index >= 15 is 0 Å². The number of hydrogen-bond donors (Lipinski definition) is 1. The molecule has 134 valence electrons. The number of hydrogen-bond acceptors (Lipinski definition) is 5. The van der Waals surface area contributed by atoms with Gasteiger partial charge >= 0.3 is 0 Å². The van der Waals surface area contributed by atoms with E-state index in [-0.39, 0.29) is 11.7 Å². The van der Waals surface area contributed by atoms with Crippen molar-refractivity contribution in [3.05, 3.63) is 56.9 Å². The molecule has 0 fully saturated rings. The third-order valence-electron chi connectivity index (χ3n) is 3.63. The Hall–Kier alpha value is -2.20. The zero-order valence-corrected chi connectivity index (χ0v) is 16.9. The highest BCUT2D eigenvalue weighted by molar-refractivity contribution is 14.1. The van der Waals surface area contributed by atoms with E-state index in [0.717, 1.165) is 9.13 Å². The van der Waals surface area contributed by atoms with Crippen molar-refractivity contribution in [3.8, 4) is 22.8 Å². The van der Waals surface area contributed by atoms with Gasteiger partial charge in [0.05, 0.1) is 25.3 Å². The lowest BCUT2D eigenvalue weighted by Crippen LogP contribution is -2.13. The Bertz CT molecular complexity index is 944. The Morgan fingerprint density at radius 3 is 2.46 bits per heavy atom. The smallest absolute Gasteiger partial charge is 0.257 e. The Balaban J connectivity index is 1.90. The third-order valence-corrected chi connectivity index (χ3v) is 5.26. The Morgan fingerprint density at radius 1 is 1.15 bits per heavy atom. The van der Waals surface area contributed by atoms with Crippen LogP contribution in [0.3, 0.4) is 0 Å². The number of ether oxygens (including phenoxy) is 2. The first-order valence-electron chi connectivity index (χ1n) is 7.45. The highest BCUT2D eigenvalue weighted by Crippen LogP contribution is 2.34. The van der Waals surface area contributed by atoms with Gasteiger partial charge in [-0.2, -0.15) is 0 Å². The molecule has 2 aromatic carbocycles. The van der Waals surface area contributed by atoms with E-state index < -0.39 is 0 Å². The van der Waals surface area contributed by atoms with Crippen molar-refractivity contribution in [1.29, 1.82) is 0 Å². The first kappa shape index (κ1) is 18.6. The number of amides is 1. The predicted molar refractivity (Wildman–Crippen MR) is 108 cm³/mol. The van der Waals surface area contributed by atoms with E-state index in [1.807, 2.05) is 0 Å². The van der Waals surface area contributed by atoms with Gasteiger partial charge in [0.15, 0.2) is 11.5 Å². The molecule has 3 aromatic rings. The molecule has 3 rings (SSSR count). The van der Waals surface area contributed by atoms with Crippen molar-refractivity contribution in [1.82, 2.24) is 4.98 Å². The van der Waals surface area contributed by atoms with Crippen molar-refractivity contribution in [2.75, 3.05) is 19.5 Å². The molecule has 0 aliphatic heterocycles. The molecule has 5 nitrogen and oxygen atoms in total. The number of rotatable bonds is 5. The number of nitrogens with zero attached hydrogens (tertiary/aromatic N) is 1. The van der Waals surface area contributed by atoms with Gasteiger partial charge in [0.2, 0.25) is 0 Å². The highest BCUT2D eigenvalue weighted by Gasteiger charge is 2.18. The van der Waals surface area contributed by atoms with Gasteiger partial charge in [-0.3, -0.25) is 4.79 Å². The SMILES string of the molecule is COc1cc(I)c(C(=O)Nc2scnc2-c2ccc(F)cc2)cc1OC. The van der Waals surface area contributed by atoms with E-state index in [1.165, 1.54) is 30.6 Å². The normalized spacial score (nSPS) is 10.5. The number of carbonyl (C=O) groups excluding carboxylic acids is 1. The molecule has 8 heteroatoms. The molecular formula is C18H14FIN2O3S. The molecule has 1 N–H and O–H groups in total. The summed E-state index contributed by atoms with van der Waals surface area (Å²) in [7, 11) is 3.06. The van der Waals surface area contributed by atoms with Crippen molar-refractivity contribution >= 4 is 44.8 Å². The number of aromatic nitrogens is 1. The van der Waals surface area contributed by atoms with Gasteiger partial charge in [-0.25, -0.2) is 9.37 Å². The van der Waals surface area contributed by atoms with Crippen LogP contribution < -0.4 is 14.8 Å². The third kappa shape index (κ3) is 3.80. The lowest BCUT2D eigenvalue weighted by Gasteiger charge is -2.12. The molecule has 0 saturated heterocycles. The average molecular weight is 484 g/mol. The number of thiazole rings is 1. The second-order valence-electron chi connectivity index (χ2n) is 5.18. The summed E-state index contributed by atoms with van der Waals surface area (Å²) in [5, 5.41) is 3.46. The summed E-state index contributed by atoms with van der Waals surface area (Å²) in [6.07, 6.45) is 0. The maximum Gasteiger partial charge on any atom is 0.257 e. The molecule has 26 heavy (non-hydrogen) atoms.